The molecule has 2 N–H and O–H groups in total. The lowest BCUT2D eigenvalue weighted by atomic mass is 9.67. The van der Waals surface area contributed by atoms with Gasteiger partial charge in [0.05, 0.1) is 28.4 Å². The zero-order valence-electron chi connectivity index (χ0n) is 14.2. The number of nitro groups is 1. The smallest absolute Gasteiger partial charge is 0.334 e. The van der Waals surface area contributed by atoms with Gasteiger partial charge in [-0.2, -0.15) is 0 Å². The second-order valence-corrected chi connectivity index (χ2v) is 7.08. The number of nitrogens with zero attached hydrogens (tertiary/aromatic N) is 2. The fraction of sp³-hybridized carbons (Fsp3) is 0.471. The minimum absolute atomic E-state index is 0.0950. The molecule has 5 atom stereocenters. The van der Waals surface area contributed by atoms with Gasteiger partial charge in [0.1, 0.15) is 0 Å². The summed E-state index contributed by atoms with van der Waals surface area (Å²) in [7, 11) is 0. The van der Waals surface area contributed by atoms with Crippen molar-refractivity contribution in [2.75, 3.05) is 0 Å². The number of aliphatic carboxylic acids is 1. The molecule has 0 aliphatic carbocycles. The summed E-state index contributed by atoms with van der Waals surface area (Å²) in [6.45, 7) is 3.02. The molecule has 3 rings (SSSR count). The summed E-state index contributed by atoms with van der Waals surface area (Å²) in [5, 5.41) is 30.1. The number of rotatable bonds is 5. The molecule has 2 heterocycles. The Kier molecular flexibility index (Phi) is 4.06. The number of carboxylic acid groups (broad SMARTS) is 1. The standard InChI is InChI=1S/C17H18N2O7/c1-8(20)11-13-17(2,7-9-3-5-10(6-4-9)19(25)26)14(21)12(16(23)24)18(13)15(11)22/h3-6,8,11-13,20H,7H2,1-2H3,(H,23,24)/t8-,11-,12?,13-,17-/m1/s1. The van der Waals surface area contributed by atoms with Gasteiger partial charge in [-0.1, -0.05) is 19.1 Å². The number of Topliss-reactive ketones (excluding diaryl/α,β-unsaturated/α-hetero) is 1. The van der Waals surface area contributed by atoms with E-state index in [0.29, 0.717) is 5.56 Å². The summed E-state index contributed by atoms with van der Waals surface area (Å²) >= 11 is 0. The molecule has 2 aliphatic heterocycles. The number of hydrogen-bond donors (Lipinski definition) is 2. The molecule has 0 bridgehead atoms. The molecular weight excluding hydrogens is 344 g/mol. The van der Waals surface area contributed by atoms with Crippen molar-refractivity contribution < 1.29 is 29.5 Å². The third kappa shape index (κ3) is 2.38. The van der Waals surface area contributed by atoms with E-state index in [2.05, 4.69) is 0 Å². The van der Waals surface area contributed by atoms with E-state index < -0.39 is 52.1 Å². The molecule has 0 radical (unpaired) electrons. The highest BCUT2D eigenvalue weighted by atomic mass is 16.6. The second-order valence-electron chi connectivity index (χ2n) is 7.08. The molecule has 2 fully saturated rings. The maximum atomic E-state index is 12.9. The van der Waals surface area contributed by atoms with E-state index in [0.717, 1.165) is 4.90 Å². The predicted molar refractivity (Wildman–Crippen MR) is 87.1 cm³/mol. The Morgan fingerprint density at radius 2 is 1.92 bits per heavy atom. The number of amides is 1. The normalized spacial score (nSPS) is 31.3. The fourth-order valence-corrected chi connectivity index (χ4v) is 4.16. The van der Waals surface area contributed by atoms with Crippen LogP contribution in [0.25, 0.3) is 0 Å². The number of carbonyl (C=O) groups is 3. The van der Waals surface area contributed by atoms with Crippen LogP contribution >= 0.6 is 0 Å². The van der Waals surface area contributed by atoms with Gasteiger partial charge in [-0.05, 0) is 18.9 Å². The summed E-state index contributed by atoms with van der Waals surface area (Å²) in [6, 6.07) is 3.34. The number of β-lactam (4-membered cyclic amide) rings is 1. The van der Waals surface area contributed by atoms with Crippen LogP contribution < -0.4 is 0 Å². The third-order valence-corrected chi connectivity index (χ3v) is 5.39. The quantitative estimate of drug-likeness (QED) is 0.334. The number of aliphatic hydroxyl groups is 1. The Hall–Kier alpha value is -2.81. The van der Waals surface area contributed by atoms with Gasteiger partial charge in [-0.3, -0.25) is 19.7 Å². The molecule has 26 heavy (non-hydrogen) atoms. The molecule has 1 unspecified atom stereocenters. The van der Waals surface area contributed by atoms with E-state index in [-0.39, 0.29) is 12.1 Å². The Bertz CT molecular complexity index is 804. The maximum Gasteiger partial charge on any atom is 0.334 e. The molecule has 1 aromatic rings. The first-order valence-electron chi connectivity index (χ1n) is 8.10. The van der Waals surface area contributed by atoms with E-state index in [1.165, 1.54) is 31.2 Å². The Balaban J connectivity index is 1.97. The Morgan fingerprint density at radius 3 is 2.38 bits per heavy atom. The van der Waals surface area contributed by atoms with E-state index in [1.807, 2.05) is 0 Å². The first-order valence-corrected chi connectivity index (χ1v) is 8.10. The first kappa shape index (κ1) is 18.0. The number of hydrogen-bond acceptors (Lipinski definition) is 6. The van der Waals surface area contributed by atoms with Crippen LogP contribution in [0.3, 0.4) is 0 Å². The number of non-ortho nitro benzene ring substituents is 1. The maximum absolute atomic E-state index is 12.9. The molecule has 138 valence electrons. The molecule has 0 saturated carbocycles. The summed E-state index contributed by atoms with van der Waals surface area (Å²) < 4.78 is 0. The van der Waals surface area contributed by atoms with Gasteiger partial charge in [0.2, 0.25) is 5.91 Å². The van der Waals surface area contributed by atoms with Crippen molar-refractivity contribution in [3.05, 3.63) is 39.9 Å². The number of carboxylic acids is 1. The van der Waals surface area contributed by atoms with Gasteiger partial charge in [-0.25, -0.2) is 4.79 Å². The molecule has 9 heteroatoms. The molecule has 2 aliphatic rings. The van der Waals surface area contributed by atoms with Crippen molar-refractivity contribution >= 4 is 23.3 Å². The minimum Gasteiger partial charge on any atom is -0.479 e. The van der Waals surface area contributed by atoms with Crippen LogP contribution in [0, 0.1) is 21.4 Å². The largest absolute Gasteiger partial charge is 0.479 e. The molecule has 1 amide bonds. The van der Waals surface area contributed by atoms with Gasteiger partial charge in [0, 0.05) is 12.1 Å². The number of nitro benzene ring substituents is 1. The van der Waals surface area contributed by atoms with E-state index in [1.54, 1.807) is 6.92 Å². The number of carbonyl (C=O) groups excluding carboxylic acids is 2. The lowest BCUT2D eigenvalue weighted by molar-refractivity contribution is -0.384. The Labute approximate surface area is 148 Å². The van der Waals surface area contributed by atoms with Gasteiger partial charge < -0.3 is 15.1 Å². The molecular formula is C17H18N2O7. The topological polar surface area (TPSA) is 138 Å². The average molecular weight is 362 g/mol. The molecule has 9 nitrogen and oxygen atoms in total. The highest BCUT2D eigenvalue weighted by Gasteiger charge is 2.70. The second kappa shape index (κ2) is 5.87. The van der Waals surface area contributed by atoms with Crippen LogP contribution in [0.1, 0.15) is 19.4 Å². The molecule has 2 saturated heterocycles. The predicted octanol–water partition coefficient (Wildman–Crippen LogP) is 0.387. The van der Waals surface area contributed by atoms with Crippen LogP contribution in [-0.4, -0.2) is 55.9 Å². The molecule has 0 spiro atoms. The van der Waals surface area contributed by atoms with E-state index in [4.69, 9.17) is 0 Å². The number of fused-ring (bicyclic) bond motifs is 1. The van der Waals surface area contributed by atoms with Crippen molar-refractivity contribution in [2.24, 2.45) is 11.3 Å². The highest BCUT2D eigenvalue weighted by molar-refractivity contribution is 6.13. The number of benzene rings is 1. The first-order chi connectivity index (χ1) is 12.1. The van der Waals surface area contributed by atoms with Crippen molar-refractivity contribution in [3.63, 3.8) is 0 Å². The fourth-order valence-electron chi connectivity index (χ4n) is 4.16. The summed E-state index contributed by atoms with van der Waals surface area (Å²) in [4.78, 5) is 47.9. The zero-order valence-corrected chi connectivity index (χ0v) is 14.2. The van der Waals surface area contributed by atoms with Crippen molar-refractivity contribution in [2.45, 2.75) is 38.5 Å². The van der Waals surface area contributed by atoms with Crippen molar-refractivity contribution in [1.29, 1.82) is 0 Å². The highest BCUT2D eigenvalue weighted by Crippen LogP contribution is 2.51. The lowest BCUT2D eigenvalue weighted by Gasteiger charge is -2.49. The number of ketones is 1. The van der Waals surface area contributed by atoms with Crippen molar-refractivity contribution in [3.8, 4) is 0 Å². The van der Waals surface area contributed by atoms with Crippen LogP contribution in [0.5, 0.6) is 0 Å². The van der Waals surface area contributed by atoms with Gasteiger partial charge >= 0.3 is 5.97 Å². The average Bonchev–Trinajstić information content (AvgIpc) is 2.74. The van der Waals surface area contributed by atoms with E-state index >= 15 is 0 Å². The summed E-state index contributed by atoms with van der Waals surface area (Å²) in [5.41, 5.74) is -0.683. The molecule has 1 aromatic carbocycles. The van der Waals surface area contributed by atoms with Crippen LogP contribution in [0.4, 0.5) is 5.69 Å². The van der Waals surface area contributed by atoms with Crippen LogP contribution in [0.15, 0.2) is 24.3 Å². The van der Waals surface area contributed by atoms with Crippen molar-refractivity contribution in [1.82, 2.24) is 4.90 Å². The third-order valence-electron chi connectivity index (χ3n) is 5.39. The van der Waals surface area contributed by atoms with Gasteiger partial charge in [0.15, 0.2) is 11.8 Å². The zero-order chi connectivity index (χ0) is 19.4. The van der Waals surface area contributed by atoms with E-state index in [9.17, 15) is 34.7 Å². The SMILES string of the molecule is C[C@@H](O)[C@H]1C(=O)N2C(C(=O)O)C(=O)[C@](C)(Cc3ccc([N+](=O)[O-])cc3)[C@@H]12. The van der Waals surface area contributed by atoms with Gasteiger partial charge in [-0.15, -0.1) is 0 Å². The summed E-state index contributed by atoms with van der Waals surface area (Å²) in [6.07, 6.45) is -0.897. The number of aliphatic hydroxyl groups excluding tert-OH is 1. The summed E-state index contributed by atoms with van der Waals surface area (Å²) in [5.74, 6) is -3.38. The Morgan fingerprint density at radius 1 is 1.35 bits per heavy atom. The lowest BCUT2D eigenvalue weighted by Crippen LogP contribution is -2.67. The van der Waals surface area contributed by atoms with Crippen LogP contribution in [0.2, 0.25) is 0 Å². The monoisotopic (exact) mass is 362 g/mol. The molecule has 0 aromatic heterocycles. The minimum atomic E-state index is -1.56. The van der Waals surface area contributed by atoms with Gasteiger partial charge in [0.25, 0.3) is 5.69 Å². The van der Waals surface area contributed by atoms with Crippen LogP contribution in [-0.2, 0) is 20.8 Å².